The molecule has 0 saturated heterocycles. The zero-order valence-corrected chi connectivity index (χ0v) is 12.4. The molecular formula is C13H27NO3S. The van der Waals surface area contributed by atoms with Crippen LogP contribution in [0.25, 0.3) is 0 Å². The molecule has 108 valence electrons. The van der Waals surface area contributed by atoms with Crippen LogP contribution in [0, 0.1) is 5.92 Å². The second-order valence-corrected chi connectivity index (χ2v) is 8.15. The Morgan fingerprint density at radius 1 is 1.33 bits per heavy atom. The second kappa shape index (κ2) is 6.87. The molecule has 4 nitrogen and oxygen atoms in total. The van der Waals surface area contributed by atoms with Crippen LogP contribution in [-0.2, 0) is 9.84 Å². The fourth-order valence-corrected chi connectivity index (χ4v) is 3.23. The van der Waals surface area contributed by atoms with Crippen LogP contribution in [0.2, 0.25) is 0 Å². The fraction of sp³-hybridized carbons (Fsp3) is 1.00. The summed E-state index contributed by atoms with van der Waals surface area (Å²) in [6, 6.07) is 0. The van der Waals surface area contributed by atoms with Crippen LogP contribution in [0.5, 0.6) is 0 Å². The fourth-order valence-electron chi connectivity index (χ4n) is 2.36. The molecule has 0 radical (unpaired) electrons. The molecule has 5 heteroatoms. The maximum absolute atomic E-state index is 11.3. The van der Waals surface area contributed by atoms with E-state index in [1.807, 2.05) is 0 Å². The van der Waals surface area contributed by atoms with Gasteiger partial charge in [-0.15, -0.1) is 0 Å². The Kier molecular flexibility index (Phi) is 6.08. The molecule has 1 aliphatic carbocycles. The molecule has 0 aromatic rings. The molecule has 0 atom stereocenters. The van der Waals surface area contributed by atoms with E-state index in [2.05, 4.69) is 12.2 Å². The minimum Gasteiger partial charge on any atom is -0.389 e. The molecule has 1 aliphatic rings. The third-order valence-corrected chi connectivity index (χ3v) is 5.70. The van der Waals surface area contributed by atoms with Gasteiger partial charge in [0.15, 0.2) is 0 Å². The summed E-state index contributed by atoms with van der Waals surface area (Å²) >= 11 is 0. The summed E-state index contributed by atoms with van der Waals surface area (Å²) in [5.41, 5.74) is -0.573. The minimum atomic E-state index is -2.85. The highest BCUT2D eigenvalue weighted by Gasteiger charge is 2.31. The predicted molar refractivity (Wildman–Crippen MR) is 74.4 cm³/mol. The number of hydrogen-bond acceptors (Lipinski definition) is 4. The van der Waals surface area contributed by atoms with Gasteiger partial charge < -0.3 is 10.4 Å². The smallest absolute Gasteiger partial charge is 0.150 e. The topological polar surface area (TPSA) is 66.4 Å². The molecule has 1 fully saturated rings. The van der Waals surface area contributed by atoms with Gasteiger partial charge in [-0.05, 0) is 44.6 Å². The molecule has 2 N–H and O–H groups in total. The molecule has 0 aromatic carbocycles. The zero-order valence-electron chi connectivity index (χ0n) is 11.6. The van der Waals surface area contributed by atoms with Crippen LogP contribution in [-0.4, -0.2) is 43.7 Å². The quantitative estimate of drug-likeness (QED) is 0.689. The van der Waals surface area contributed by atoms with E-state index in [0.29, 0.717) is 19.5 Å². The van der Waals surface area contributed by atoms with Crippen LogP contribution in [0.4, 0.5) is 0 Å². The van der Waals surface area contributed by atoms with E-state index in [1.54, 1.807) is 6.92 Å². The Hall–Kier alpha value is -0.130. The Morgan fingerprint density at radius 3 is 2.50 bits per heavy atom. The molecule has 0 unspecified atom stereocenters. The second-order valence-electron chi connectivity index (χ2n) is 5.67. The number of nitrogens with one attached hydrogen (secondary N) is 1. The molecule has 1 rings (SSSR count). The van der Waals surface area contributed by atoms with Crippen molar-refractivity contribution in [2.75, 3.05) is 24.6 Å². The van der Waals surface area contributed by atoms with E-state index >= 15 is 0 Å². The number of rotatable bonds is 7. The van der Waals surface area contributed by atoms with E-state index in [-0.39, 0.29) is 11.5 Å². The van der Waals surface area contributed by atoms with Crippen molar-refractivity contribution in [1.82, 2.24) is 5.32 Å². The van der Waals surface area contributed by atoms with Gasteiger partial charge >= 0.3 is 0 Å². The lowest BCUT2D eigenvalue weighted by molar-refractivity contribution is -0.00586. The summed E-state index contributed by atoms with van der Waals surface area (Å²) in [6.07, 6.45) is 4.51. The van der Waals surface area contributed by atoms with Gasteiger partial charge in [-0.25, -0.2) is 8.42 Å². The lowest BCUT2D eigenvalue weighted by atomic mass is 9.79. The van der Waals surface area contributed by atoms with Gasteiger partial charge in [-0.1, -0.05) is 13.8 Å². The van der Waals surface area contributed by atoms with Gasteiger partial charge in [0.1, 0.15) is 9.84 Å². The van der Waals surface area contributed by atoms with Crippen molar-refractivity contribution in [3.63, 3.8) is 0 Å². The van der Waals surface area contributed by atoms with Gasteiger partial charge in [0, 0.05) is 12.3 Å². The number of hydrogen-bond donors (Lipinski definition) is 2. The third-order valence-electron chi connectivity index (χ3n) is 3.91. The molecule has 0 spiro atoms. The van der Waals surface area contributed by atoms with Crippen LogP contribution >= 0.6 is 0 Å². The van der Waals surface area contributed by atoms with Crippen LogP contribution in [0.1, 0.15) is 46.0 Å². The Bertz CT molecular complexity index is 332. The Labute approximate surface area is 111 Å². The normalized spacial score (nSPS) is 29.4. The highest BCUT2D eigenvalue weighted by Crippen LogP contribution is 2.31. The summed E-state index contributed by atoms with van der Waals surface area (Å²) in [5.74, 6) is 1.18. The van der Waals surface area contributed by atoms with Crippen molar-refractivity contribution in [2.24, 2.45) is 5.92 Å². The SMILES string of the molecule is CCS(=O)(=O)CCCNCC1(O)CCC(C)CC1. The lowest BCUT2D eigenvalue weighted by Gasteiger charge is -2.35. The van der Waals surface area contributed by atoms with Crippen molar-refractivity contribution in [3.8, 4) is 0 Å². The van der Waals surface area contributed by atoms with Gasteiger partial charge in [0.25, 0.3) is 0 Å². The zero-order chi connectivity index (χ0) is 13.6. The first-order chi connectivity index (χ1) is 8.37. The first kappa shape index (κ1) is 15.9. The van der Waals surface area contributed by atoms with Gasteiger partial charge in [-0.3, -0.25) is 0 Å². The van der Waals surface area contributed by atoms with Gasteiger partial charge in [0.05, 0.1) is 11.4 Å². The maximum atomic E-state index is 11.3. The number of aliphatic hydroxyl groups is 1. The lowest BCUT2D eigenvalue weighted by Crippen LogP contribution is -2.43. The molecule has 18 heavy (non-hydrogen) atoms. The van der Waals surface area contributed by atoms with E-state index in [9.17, 15) is 13.5 Å². The maximum Gasteiger partial charge on any atom is 0.150 e. The predicted octanol–water partition coefficient (Wildman–Crippen LogP) is 1.34. The Balaban J connectivity index is 2.14. The van der Waals surface area contributed by atoms with Crippen molar-refractivity contribution in [2.45, 2.75) is 51.6 Å². The molecule has 0 aliphatic heterocycles. The molecule has 0 bridgehead atoms. The summed E-state index contributed by atoms with van der Waals surface area (Å²) in [5, 5.41) is 13.5. The van der Waals surface area contributed by atoms with Crippen molar-refractivity contribution in [3.05, 3.63) is 0 Å². The van der Waals surface area contributed by atoms with Crippen molar-refractivity contribution >= 4 is 9.84 Å². The summed E-state index contributed by atoms with van der Waals surface area (Å²) < 4.78 is 22.6. The van der Waals surface area contributed by atoms with Gasteiger partial charge in [-0.2, -0.15) is 0 Å². The molecule has 0 amide bonds. The van der Waals surface area contributed by atoms with E-state index < -0.39 is 15.4 Å². The van der Waals surface area contributed by atoms with Gasteiger partial charge in [0.2, 0.25) is 0 Å². The molecular weight excluding hydrogens is 250 g/mol. The van der Waals surface area contributed by atoms with Crippen molar-refractivity contribution in [1.29, 1.82) is 0 Å². The Morgan fingerprint density at radius 2 is 1.94 bits per heavy atom. The molecule has 1 saturated carbocycles. The average molecular weight is 277 g/mol. The monoisotopic (exact) mass is 277 g/mol. The highest BCUT2D eigenvalue weighted by molar-refractivity contribution is 7.91. The molecule has 0 heterocycles. The van der Waals surface area contributed by atoms with Crippen LogP contribution in [0.15, 0.2) is 0 Å². The average Bonchev–Trinajstić information content (AvgIpc) is 2.33. The summed E-state index contributed by atoms with van der Waals surface area (Å²) in [7, 11) is -2.85. The van der Waals surface area contributed by atoms with Crippen LogP contribution in [0.3, 0.4) is 0 Å². The van der Waals surface area contributed by atoms with Crippen molar-refractivity contribution < 1.29 is 13.5 Å². The first-order valence-corrected chi connectivity index (χ1v) is 8.82. The summed E-state index contributed by atoms with van der Waals surface area (Å²) in [4.78, 5) is 0. The van der Waals surface area contributed by atoms with E-state index in [1.165, 1.54) is 0 Å². The largest absolute Gasteiger partial charge is 0.389 e. The summed E-state index contributed by atoms with van der Waals surface area (Å²) in [6.45, 7) is 5.15. The third kappa shape index (κ3) is 5.67. The number of sulfone groups is 1. The van der Waals surface area contributed by atoms with Crippen LogP contribution < -0.4 is 5.32 Å². The first-order valence-electron chi connectivity index (χ1n) is 7.00. The standard InChI is InChI=1S/C13H27NO3S/c1-3-18(16,17)10-4-9-14-11-13(15)7-5-12(2)6-8-13/h12,14-15H,3-11H2,1-2H3. The molecule has 0 aromatic heterocycles. The minimum absolute atomic E-state index is 0.217. The highest BCUT2D eigenvalue weighted by atomic mass is 32.2. The van der Waals surface area contributed by atoms with E-state index in [4.69, 9.17) is 0 Å². The van der Waals surface area contributed by atoms with E-state index in [0.717, 1.165) is 31.6 Å².